The maximum atomic E-state index is 9.00. The van der Waals surface area contributed by atoms with E-state index in [1.54, 1.807) is 32.4 Å². The first-order chi connectivity index (χ1) is 11.0. The SMILES string of the molecule is CC(=O)O.CC(=O)O.CC(=O)O.COc1ccc(CO)cc1OC. The van der Waals surface area contributed by atoms with Gasteiger partial charge in [0, 0.05) is 20.8 Å². The number of carboxylic acids is 3. The van der Waals surface area contributed by atoms with Gasteiger partial charge in [-0.25, -0.2) is 0 Å². The van der Waals surface area contributed by atoms with Gasteiger partial charge in [-0.05, 0) is 17.7 Å². The van der Waals surface area contributed by atoms with Gasteiger partial charge in [0.25, 0.3) is 17.9 Å². The number of rotatable bonds is 3. The smallest absolute Gasteiger partial charge is 0.300 e. The molecule has 4 N–H and O–H groups in total. The van der Waals surface area contributed by atoms with Crippen LogP contribution in [0, 0.1) is 0 Å². The number of aliphatic carboxylic acids is 3. The first-order valence-electron chi connectivity index (χ1n) is 6.42. The molecule has 1 aromatic carbocycles. The number of hydrogen-bond donors (Lipinski definition) is 4. The van der Waals surface area contributed by atoms with E-state index in [-0.39, 0.29) is 6.61 Å². The second kappa shape index (κ2) is 16.6. The number of carboxylic acid groups (broad SMARTS) is 3. The second-order valence-corrected chi connectivity index (χ2v) is 3.90. The van der Waals surface area contributed by atoms with Crippen LogP contribution in [-0.4, -0.2) is 52.6 Å². The second-order valence-electron chi connectivity index (χ2n) is 3.90. The summed E-state index contributed by atoms with van der Waals surface area (Å²) >= 11 is 0. The molecule has 0 saturated heterocycles. The minimum atomic E-state index is -0.833. The standard InChI is InChI=1S/C9H12O3.3C2H4O2/c1-11-8-4-3-7(6-10)5-9(8)12-2;3*1-2(3)4/h3-5,10H,6H2,1-2H3;3*1H3,(H,3,4). The van der Waals surface area contributed by atoms with Crippen molar-refractivity contribution in [3.63, 3.8) is 0 Å². The van der Waals surface area contributed by atoms with E-state index in [1.165, 1.54) is 0 Å². The molecule has 1 rings (SSSR count). The molecule has 24 heavy (non-hydrogen) atoms. The topological polar surface area (TPSA) is 151 Å². The van der Waals surface area contributed by atoms with E-state index >= 15 is 0 Å². The fraction of sp³-hybridized carbons (Fsp3) is 0.400. The third-order valence-corrected chi connectivity index (χ3v) is 1.63. The largest absolute Gasteiger partial charge is 0.493 e. The molecule has 0 fully saturated rings. The predicted molar refractivity (Wildman–Crippen MR) is 85.4 cm³/mol. The highest BCUT2D eigenvalue weighted by Gasteiger charge is 2.02. The molecule has 0 aliphatic rings. The molecule has 1 aromatic rings. The van der Waals surface area contributed by atoms with Crippen LogP contribution in [0.1, 0.15) is 26.3 Å². The van der Waals surface area contributed by atoms with Crippen LogP contribution in [-0.2, 0) is 21.0 Å². The third kappa shape index (κ3) is 24.2. The van der Waals surface area contributed by atoms with Crippen LogP contribution in [0.2, 0.25) is 0 Å². The number of hydrogen-bond acceptors (Lipinski definition) is 6. The zero-order chi connectivity index (χ0) is 19.7. The average Bonchev–Trinajstić information content (AvgIpc) is 2.44. The number of benzene rings is 1. The lowest BCUT2D eigenvalue weighted by atomic mass is 10.2. The van der Waals surface area contributed by atoms with Crippen molar-refractivity contribution >= 4 is 17.9 Å². The van der Waals surface area contributed by atoms with E-state index in [0.717, 1.165) is 26.3 Å². The number of aliphatic hydroxyl groups is 1. The van der Waals surface area contributed by atoms with Gasteiger partial charge in [-0.2, -0.15) is 0 Å². The molecule has 0 unspecified atom stereocenters. The Balaban J connectivity index is -0.000000304. The summed E-state index contributed by atoms with van der Waals surface area (Å²) in [5.41, 5.74) is 0.813. The highest BCUT2D eigenvalue weighted by molar-refractivity contribution is 5.63. The molecule has 0 aliphatic heterocycles. The summed E-state index contributed by atoms with van der Waals surface area (Å²) in [6.45, 7) is 3.26. The van der Waals surface area contributed by atoms with Gasteiger partial charge in [0.15, 0.2) is 11.5 Å². The van der Waals surface area contributed by atoms with Crippen LogP contribution in [0.15, 0.2) is 18.2 Å². The van der Waals surface area contributed by atoms with Crippen LogP contribution in [0.25, 0.3) is 0 Å². The average molecular weight is 348 g/mol. The van der Waals surface area contributed by atoms with E-state index in [4.69, 9.17) is 44.3 Å². The van der Waals surface area contributed by atoms with Crippen LogP contribution in [0.3, 0.4) is 0 Å². The third-order valence-electron chi connectivity index (χ3n) is 1.63. The van der Waals surface area contributed by atoms with E-state index in [9.17, 15) is 0 Å². The predicted octanol–water partition coefficient (Wildman–Crippen LogP) is 1.47. The van der Waals surface area contributed by atoms with Gasteiger partial charge in [0.05, 0.1) is 20.8 Å². The highest BCUT2D eigenvalue weighted by atomic mass is 16.5. The molecule has 138 valence electrons. The Morgan fingerprint density at radius 3 is 1.42 bits per heavy atom. The number of ether oxygens (including phenoxy) is 2. The quantitative estimate of drug-likeness (QED) is 0.636. The van der Waals surface area contributed by atoms with E-state index in [0.29, 0.717) is 11.5 Å². The minimum Gasteiger partial charge on any atom is -0.493 e. The lowest BCUT2D eigenvalue weighted by Gasteiger charge is -2.07. The number of aliphatic hydroxyl groups excluding tert-OH is 1. The molecule has 0 heterocycles. The summed E-state index contributed by atoms with van der Waals surface area (Å²) < 4.78 is 10.1. The molecule has 9 nitrogen and oxygen atoms in total. The summed E-state index contributed by atoms with van der Waals surface area (Å²) in [6, 6.07) is 5.31. The Bertz CT molecular complexity index is 457. The van der Waals surface area contributed by atoms with Gasteiger partial charge in [0.2, 0.25) is 0 Å². The minimum absolute atomic E-state index is 0.0142. The first kappa shape index (κ1) is 26.1. The van der Waals surface area contributed by atoms with Crippen molar-refractivity contribution in [3.8, 4) is 11.5 Å². The molecule has 0 atom stereocenters. The van der Waals surface area contributed by atoms with Crippen molar-refractivity contribution in [3.05, 3.63) is 23.8 Å². The van der Waals surface area contributed by atoms with Crippen LogP contribution in [0.4, 0.5) is 0 Å². The fourth-order valence-corrected chi connectivity index (χ4v) is 0.979. The van der Waals surface area contributed by atoms with Gasteiger partial charge in [-0.3, -0.25) is 14.4 Å². The Labute approximate surface area is 140 Å². The summed E-state index contributed by atoms with van der Waals surface area (Å²) in [4.78, 5) is 27.0. The highest BCUT2D eigenvalue weighted by Crippen LogP contribution is 2.27. The van der Waals surface area contributed by atoms with Gasteiger partial charge in [0.1, 0.15) is 0 Å². The van der Waals surface area contributed by atoms with Crippen molar-refractivity contribution in [2.24, 2.45) is 0 Å². The zero-order valence-corrected chi connectivity index (χ0v) is 14.3. The lowest BCUT2D eigenvalue weighted by Crippen LogP contribution is -1.92. The summed E-state index contributed by atoms with van der Waals surface area (Å²) in [6.07, 6.45) is 0. The van der Waals surface area contributed by atoms with E-state index < -0.39 is 17.9 Å². The van der Waals surface area contributed by atoms with Gasteiger partial charge >= 0.3 is 0 Å². The summed E-state index contributed by atoms with van der Waals surface area (Å²) in [5.74, 6) is -1.18. The Hall–Kier alpha value is -2.81. The molecular weight excluding hydrogens is 324 g/mol. The normalized spacial score (nSPS) is 7.92. The molecule has 0 aliphatic carbocycles. The van der Waals surface area contributed by atoms with E-state index in [1.807, 2.05) is 0 Å². The molecule has 0 radical (unpaired) electrons. The zero-order valence-electron chi connectivity index (χ0n) is 14.3. The lowest BCUT2D eigenvalue weighted by molar-refractivity contribution is -0.135. The number of methoxy groups -OCH3 is 2. The fourth-order valence-electron chi connectivity index (χ4n) is 0.979. The molecular formula is C15H24O9. The monoisotopic (exact) mass is 348 g/mol. The molecule has 0 spiro atoms. The Kier molecular flexibility index (Phi) is 18.0. The maximum absolute atomic E-state index is 9.00. The van der Waals surface area contributed by atoms with Gasteiger partial charge in [-0.1, -0.05) is 6.07 Å². The van der Waals surface area contributed by atoms with Crippen LogP contribution >= 0.6 is 0 Å². The van der Waals surface area contributed by atoms with Crippen LogP contribution in [0.5, 0.6) is 11.5 Å². The molecule has 0 bridgehead atoms. The van der Waals surface area contributed by atoms with E-state index in [2.05, 4.69) is 0 Å². The van der Waals surface area contributed by atoms with Gasteiger partial charge in [-0.15, -0.1) is 0 Å². The van der Waals surface area contributed by atoms with Crippen molar-refractivity contribution < 1.29 is 44.3 Å². The summed E-state index contributed by atoms with van der Waals surface area (Å²) in [7, 11) is 3.15. The Morgan fingerprint density at radius 2 is 1.17 bits per heavy atom. The number of carbonyl (C=O) groups is 3. The van der Waals surface area contributed by atoms with Crippen LogP contribution < -0.4 is 9.47 Å². The molecule has 0 saturated carbocycles. The first-order valence-corrected chi connectivity index (χ1v) is 6.42. The molecule has 0 amide bonds. The molecule has 0 aromatic heterocycles. The Morgan fingerprint density at radius 1 is 0.833 bits per heavy atom. The maximum Gasteiger partial charge on any atom is 0.300 e. The molecule has 9 heteroatoms. The van der Waals surface area contributed by atoms with Crippen molar-refractivity contribution in [1.82, 2.24) is 0 Å². The van der Waals surface area contributed by atoms with Crippen molar-refractivity contribution in [2.45, 2.75) is 27.4 Å². The summed E-state index contributed by atoms with van der Waals surface area (Å²) in [5, 5.41) is 31.1. The van der Waals surface area contributed by atoms with Crippen molar-refractivity contribution in [1.29, 1.82) is 0 Å². The van der Waals surface area contributed by atoms with Gasteiger partial charge < -0.3 is 29.9 Å². The van der Waals surface area contributed by atoms with Crippen molar-refractivity contribution in [2.75, 3.05) is 14.2 Å².